The van der Waals surface area contributed by atoms with Gasteiger partial charge in [-0.15, -0.1) is 0 Å². The second kappa shape index (κ2) is 6.29. The lowest BCUT2D eigenvalue weighted by Gasteiger charge is -2.29. The highest BCUT2D eigenvalue weighted by Gasteiger charge is 2.22. The van der Waals surface area contributed by atoms with Gasteiger partial charge in [0.05, 0.1) is 0 Å². The maximum absolute atomic E-state index is 4.59. The van der Waals surface area contributed by atoms with Crippen molar-refractivity contribution in [1.82, 2.24) is 9.55 Å². The van der Waals surface area contributed by atoms with Crippen LogP contribution in [-0.2, 0) is 0 Å². The van der Waals surface area contributed by atoms with Crippen molar-refractivity contribution in [3.05, 3.63) is 40.2 Å². The van der Waals surface area contributed by atoms with E-state index in [1.54, 1.807) is 0 Å². The summed E-state index contributed by atoms with van der Waals surface area (Å²) in [6.45, 7) is 2.32. The van der Waals surface area contributed by atoms with Crippen molar-refractivity contribution >= 4 is 22.6 Å². The summed E-state index contributed by atoms with van der Waals surface area (Å²) in [5.41, 5.74) is 1.23. The van der Waals surface area contributed by atoms with E-state index in [4.69, 9.17) is 0 Å². The standard InChI is InChI=1S/C17H21IN2/c1-2-13-3-9-16(10-4-13)20-12-11-19-17(20)14-5-7-15(18)8-6-14/h5-8,11-13,16H,2-4,9-10H2,1H3. The van der Waals surface area contributed by atoms with Crippen molar-refractivity contribution in [1.29, 1.82) is 0 Å². The van der Waals surface area contributed by atoms with Crippen molar-refractivity contribution in [2.24, 2.45) is 5.92 Å². The fourth-order valence-corrected chi connectivity index (χ4v) is 3.62. The first-order chi connectivity index (χ1) is 9.78. The molecule has 20 heavy (non-hydrogen) atoms. The molecule has 0 amide bonds. The minimum absolute atomic E-state index is 0.634. The molecule has 1 aromatic carbocycles. The summed E-state index contributed by atoms with van der Waals surface area (Å²) in [5, 5.41) is 0. The molecule has 1 fully saturated rings. The van der Waals surface area contributed by atoms with E-state index in [2.05, 4.69) is 69.5 Å². The molecule has 0 spiro atoms. The Morgan fingerprint density at radius 2 is 1.85 bits per heavy atom. The number of rotatable bonds is 3. The molecule has 0 unspecified atom stereocenters. The minimum atomic E-state index is 0.634. The van der Waals surface area contributed by atoms with Gasteiger partial charge >= 0.3 is 0 Å². The summed E-state index contributed by atoms with van der Waals surface area (Å²) in [4.78, 5) is 4.59. The highest BCUT2D eigenvalue weighted by Crippen LogP contribution is 2.35. The van der Waals surface area contributed by atoms with Crippen LogP contribution in [0.3, 0.4) is 0 Å². The lowest BCUT2D eigenvalue weighted by atomic mass is 9.84. The SMILES string of the molecule is CCC1CCC(n2ccnc2-c2ccc(I)cc2)CC1. The summed E-state index contributed by atoms with van der Waals surface area (Å²) in [5.74, 6) is 2.07. The molecule has 0 radical (unpaired) electrons. The van der Waals surface area contributed by atoms with Crippen molar-refractivity contribution in [2.75, 3.05) is 0 Å². The predicted octanol–water partition coefficient (Wildman–Crippen LogP) is 5.30. The van der Waals surface area contributed by atoms with Gasteiger partial charge in [-0.2, -0.15) is 0 Å². The van der Waals surface area contributed by atoms with E-state index in [-0.39, 0.29) is 0 Å². The third-order valence-electron chi connectivity index (χ3n) is 4.56. The zero-order chi connectivity index (χ0) is 13.9. The van der Waals surface area contributed by atoms with Gasteiger partial charge in [0.15, 0.2) is 0 Å². The summed E-state index contributed by atoms with van der Waals surface area (Å²) in [6, 6.07) is 9.30. The van der Waals surface area contributed by atoms with E-state index >= 15 is 0 Å². The van der Waals surface area contributed by atoms with E-state index in [0.29, 0.717) is 6.04 Å². The van der Waals surface area contributed by atoms with Crippen LogP contribution in [0.15, 0.2) is 36.7 Å². The number of imidazole rings is 1. The van der Waals surface area contributed by atoms with E-state index in [9.17, 15) is 0 Å². The van der Waals surface area contributed by atoms with Crippen LogP contribution in [0.5, 0.6) is 0 Å². The molecule has 1 heterocycles. The quantitative estimate of drug-likeness (QED) is 0.661. The molecule has 1 saturated carbocycles. The lowest BCUT2D eigenvalue weighted by Crippen LogP contribution is -2.18. The van der Waals surface area contributed by atoms with Gasteiger partial charge in [-0.05, 0) is 66.3 Å². The van der Waals surface area contributed by atoms with Crippen LogP contribution in [0.1, 0.15) is 45.1 Å². The van der Waals surface area contributed by atoms with Crippen LogP contribution in [0.4, 0.5) is 0 Å². The van der Waals surface area contributed by atoms with Gasteiger partial charge in [-0.25, -0.2) is 4.98 Å². The van der Waals surface area contributed by atoms with E-state index < -0.39 is 0 Å². The van der Waals surface area contributed by atoms with Crippen LogP contribution in [0, 0.1) is 9.49 Å². The van der Waals surface area contributed by atoms with Gasteiger partial charge in [0.25, 0.3) is 0 Å². The van der Waals surface area contributed by atoms with Crippen LogP contribution >= 0.6 is 22.6 Å². The van der Waals surface area contributed by atoms with Crippen LogP contribution in [-0.4, -0.2) is 9.55 Å². The first-order valence-corrected chi connectivity index (χ1v) is 8.64. The molecule has 0 saturated heterocycles. The third kappa shape index (κ3) is 2.92. The number of hydrogen-bond donors (Lipinski definition) is 0. The molecule has 1 aliphatic carbocycles. The molecule has 0 atom stereocenters. The molecule has 2 aromatic rings. The molecule has 106 valence electrons. The molecule has 0 bridgehead atoms. The summed E-state index contributed by atoms with van der Waals surface area (Å²) in [6.07, 6.45) is 10.8. The normalized spacial score (nSPS) is 22.9. The smallest absolute Gasteiger partial charge is 0.140 e. The largest absolute Gasteiger partial charge is 0.328 e. The van der Waals surface area contributed by atoms with Crippen molar-refractivity contribution in [3.8, 4) is 11.4 Å². The molecule has 3 heteroatoms. The molecular weight excluding hydrogens is 359 g/mol. The minimum Gasteiger partial charge on any atom is -0.328 e. The number of aromatic nitrogens is 2. The molecular formula is C17H21IN2. The van der Waals surface area contributed by atoms with E-state index in [1.807, 2.05) is 6.20 Å². The molecule has 1 aliphatic rings. The van der Waals surface area contributed by atoms with Crippen molar-refractivity contribution in [3.63, 3.8) is 0 Å². The summed E-state index contributed by atoms with van der Waals surface area (Å²) < 4.78 is 3.67. The summed E-state index contributed by atoms with van der Waals surface area (Å²) in [7, 11) is 0. The third-order valence-corrected chi connectivity index (χ3v) is 5.28. The van der Waals surface area contributed by atoms with Crippen molar-refractivity contribution in [2.45, 2.75) is 45.1 Å². The van der Waals surface area contributed by atoms with Crippen LogP contribution < -0.4 is 0 Å². The van der Waals surface area contributed by atoms with Crippen LogP contribution in [0.25, 0.3) is 11.4 Å². The lowest BCUT2D eigenvalue weighted by molar-refractivity contribution is 0.271. The summed E-state index contributed by atoms with van der Waals surface area (Å²) >= 11 is 2.35. The Hall–Kier alpha value is -0.840. The van der Waals surface area contributed by atoms with Gasteiger partial charge in [0.2, 0.25) is 0 Å². The topological polar surface area (TPSA) is 17.8 Å². The maximum atomic E-state index is 4.59. The Bertz CT molecular complexity index is 551. The molecule has 2 nitrogen and oxygen atoms in total. The van der Waals surface area contributed by atoms with Gasteiger partial charge in [-0.1, -0.05) is 25.5 Å². The number of hydrogen-bond acceptors (Lipinski definition) is 1. The van der Waals surface area contributed by atoms with E-state index in [0.717, 1.165) is 11.7 Å². The fourth-order valence-electron chi connectivity index (χ4n) is 3.26. The number of halogens is 1. The van der Waals surface area contributed by atoms with Gasteiger partial charge in [0.1, 0.15) is 5.82 Å². The highest BCUT2D eigenvalue weighted by molar-refractivity contribution is 14.1. The molecule has 1 aromatic heterocycles. The Morgan fingerprint density at radius 1 is 1.15 bits per heavy atom. The first kappa shape index (κ1) is 14.1. The zero-order valence-corrected chi connectivity index (χ0v) is 14.1. The molecule has 3 rings (SSSR count). The highest BCUT2D eigenvalue weighted by atomic mass is 127. The van der Waals surface area contributed by atoms with Crippen molar-refractivity contribution < 1.29 is 0 Å². The monoisotopic (exact) mass is 380 g/mol. The Kier molecular flexibility index (Phi) is 4.44. The number of benzene rings is 1. The Balaban J connectivity index is 1.82. The second-order valence-electron chi connectivity index (χ2n) is 5.75. The fraction of sp³-hybridized carbons (Fsp3) is 0.471. The predicted molar refractivity (Wildman–Crippen MR) is 91.7 cm³/mol. The maximum Gasteiger partial charge on any atom is 0.140 e. The average Bonchev–Trinajstić information content (AvgIpc) is 2.97. The van der Waals surface area contributed by atoms with E-state index in [1.165, 1.54) is 41.2 Å². The number of nitrogens with zero attached hydrogens (tertiary/aromatic N) is 2. The zero-order valence-electron chi connectivity index (χ0n) is 11.9. The van der Waals surface area contributed by atoms with Gasteiger partial charge < -0.3 is 4.57 Å². The molecule has 0 N–H and O–H groups in total. The average molecular weight is 380 g/mol. The molecule has 0 aliphatic heterocycles. The van der Waals surface area contributed by atoms with Gasteiger partial charge in [-0.3, -0.25) is 0 Å². The first-order valence-electron chi connectivity index (χ1n) is 7.56. The second-order valence-corrected chi connectivity index (χ2v) is 6.99. The van der Waals surface area contributed by atoms with Crippen LogP contribution in [0.2, 0.25) is 0 Å². The Morgan fingerprint density at radius 3 is 2.50 bits per heavy atom. The van der Waals surface area contributed by atoms with Gasteiger partial charge in [0, 0.05) is 27.6 Å². The Labute approximate surface area is 134 Å².